The van der Waals surface area contributed by atoms with Gasteiger partial charge in [-0.3, -0.25) is 4.90 Å². The number of carboxylic acid groups (broad SMARTS) is 1. The Hall–Kier alpha value is -0.980. The molecular formula is C14H24N2O3S. The third kappa shape index (κ3) is 5.19. The number of carbonyl (C=O) groups is 1. The monoisotopic (exact) mass is 300 g/mol. The van der Waals surface area contributed by atoms with E-state index in [1.165, 1.54) is 11.3 Å². The van der Waals surface area contributed by atoms with Gasteiger partial charge in [0.25, 0.3) is 0 Å². The summed E-state index contributed by atoms with van der Waals surface area (Å²) in [5.74, 6) is -0.937. The quantitative estimate of drug-likeness (QED) is 0.720. The van der Waals surface area contributed by atoms with E-state index < -0.39 is 5.97 Å². The Morgan fingerprint density at radius 2 is 2.00 bits per heavy atom. The normalized spacial score (nSPS) is 11.2. The molecule has 6 heteroatoms. The fourth-order valence-electron chi connectivity index (χ4n) is 2.08. The molecule has 0 amide bonds. The Kier molecular flexibility index (Phi) is 7.72. The highest BCUT2D eigenvalue weighted by molar-refractivity contribution is 7.11. The second-order valence-electron chi connectivity index (χ2n) is 4.70. The van der Waals surface area contributed by atoms with Crippen molar-refractivity contribution in [2.24, 2.45) is 0 Å². The third-order valence-corrected chi connectivity index (χ3v) is 4.01. The van der Waals surface area contributed by atoms with Gasteiger partial charge in [-0.15, -0.1) is 11.3 Å². The Morgan fingerprint density at radius 3 is 2.50 bits per heavy atom. The average molecular weight is 300 g/mol. The molecule has 1 rings (SSSR count). The second kappa shape index (κ2) is 9.05. The third-order valence-electron chi connectivity index (χ3n) is 2.91. The molecule has 20 heavy (non-hydrogen) atoms. The van der Waals surface area contributed by atoms with Gasteiger partial charge in [0.05, 0.1) is 16.5 Å². The average Bonchev–Trinajstić information content (AvgIpc) is 2.80. The number of aromatic nitrogens is 1. The molecule has 1 aromatic rings. The van der Waals surface area contributed by atoms with E-state index in [1.54, 1.807) is 7.11 Å². The number of carboxylic acids is 1. The number of rotatable bonds is 10. The second-order valence-corrected chi connectivity index (χ2v) is 5.87. The van der Waals surface area contributed by atoms with Gasteiger partial charge in [-0.05, 0) is 25.9 Å². The van der Waals surface area contributed by atoms with Gasteiger partial charge >= 0.3 is 5.97 Å². The smallest absolute Gasteiger partial charge is 0.355 e. The van der Waals surface area contributed by atoms with Gasteiger partial charge in [0.1, 0.15) is 0 Å². The van der Waals surface area contributed by atoms with Crippen molar-refractivity contribution in [2.75, 3.05) is 26.8 Å². The molecule has 0 spiro atoms. The molecule has 0 saturated carbocycles. The fourth-order valence-corrected chi connectivity index (χ4v) is 3.16. The first kappa shape index (κ1) is 17.1. The molecule has 0 saturated heterocycles. The lowest BCUT2D eigenvalue weighted by Gasteiger charge is -2.20. The summed E-state index contributed by atoms with van der Waals surface area (Å²) in [5.41, 5.74) is 0.207. The van der Waals surface area contributed by atoms with Crippen LogP contribution in [0.25, 0.3) is 0 Å². The number of aromatic carboxylic acids is 1. The SMILES string of the molecule is CCCN(CCC)Cc1sc(CCOC)nc1C(=O)O. The summed E-state index contributed by atoms with van der Waals surface area (Å²) in [5, 5.41) is 10.1. The lowest BCUT2D eigenvalue weighted by atomic mass is 10.3. The minimum absolute atomic E-state index is 0.207. The van der Waals surface area contributed by atoms with E-state index in [2.05, 4.69) is 23.7 Å². The number of methoxy groups -OCH3 is 1. The zero-order valence-electron chi connectivity index (χ0n) is 12.5. The van der Waals surface area contributed by atoms with Crippen LogP contribution in [0, 0.1) is 0 Å². The maximum atomic E-state index is 11.3. The van der Waals surface area contributed by atoms with E-state index in [4.69, 9.17) is 4.74 Å². The largest absolute Gasteiger partial charge is 0.476 e. The topological polar surface area (TPSA) is 62.7 Å². The molecule has 0 aliphatic rings. The predicted octanol–water partition coefficient (Wildman–Crippen LogP) is 2.65. The first-order valence-electron chi connectivity index (χ1n) is 7.05. The predicted molar refractivity (Wildman–Crippen MR) is 80.5 cm³/mol. The zero-order chi connectivity index (χ0) is 15.0. The molecule has 0 aromatic carbocycles. The van der Waals surface area contributed by atoms with Crippen LogP contribution in [0.5, 0.6) is 0 Å². The zero-order valence-corrected chi connectivity index (χ0v) is 13.3. The molecule has 0 fully saturated rings. The molecule has 0 aliphatic heterocycles. The Bertz CT molecular complexity index is 415. The molecule has 0 atom stereocenters. The molecular weight excluding hydrogens is 276 g/mol. The van der Waals surface area contributed by atoms with Crippen LogP contribution >= 0.6 is 11.3 Å². The van der Waals surface area contributed by atoms with Gasteiger partial charge in [0.15, 0.2) is 5.69 Å². The number of hydrogen-bond donors (Lipinski definition) is 1. The van der Waals surface area contributed by atoms with Crippen LogP contribution in [0.2, 0.25) is 0 Å². The summed E-state index contributed by atoms with van der Waals surface area (Å²) < 4.78 is 5.02. The summed E-state index contributed by atoms with van der Waals surface area (Å²) in [6.07, 6.45) is 2.80. The van der Waals surface area contributed by atoms with Crippen LogP contribution in [0.3, 0.4) is 0 Å². The van der Waals surface area contributed by atoms with Crippen LogP contribution in [0.15, 0.2) is 0 Å². The van der Waals surface area contributed by atoms with Crippen molar-refractivity contribution in [3.8, 4) is 0 Å². The molecule has 0 unspecified atom stereocenters. The Balaban J connectivity index is 2.84. The molecule has 114 valence electrons. The lowest BCUT2D eigenvalue weighted by molar-refractivity contribution is 0.0688. The number of nitrogens with zero attached hydrogens (tertiary/aromatic N) is 2. The van der Waals surface area contributed by atoms with E-state index in [-0.39, 0.29) is 5.69 Å². The summed E-state index contributed by atoms with van der Waals surface area (Å²) in [6.45, 7) is 7.49. The highest BCUT2D eigenvalue weighted by atomic mass is 32.1. The Labute approximate surface area is 124 Å². The fraction of sp³-hybridized carbons (Fsp3) is 0.714. The van der Waals surface area contributed by atoms with Crippen LogP contribution < -0.4 is 0 Å². The molecule has 1 heterocycles. The van der Waals surface area contributed by atoms with E-state index in [1.807, 2.05) is 0 Å². The summed E-state index contributed by atoms with van der Waals surface area (Å²) in [7, 11) is 1.64. The van der Waals surface area contributed by atoms with E-state index in [0.717, 1.165) is 35.8 Å². The highest BCUT2D eigenvalue weighted by Crippen LogP contribution is 2.21. The first-order chi connectivity index (χ1) is 9.62. The first-order valence-corrected chi connectivity index (χ1v) is 7.87. The van der Waals surface area contributed by atoms with Crippen molar-refractivity contribution in [1.82, 2.24) is 9.88 Å². The van der Waals surface area contributed by atoms with Crippen molar-refractivity contribution >= 4 is 17.3 Å². The summed E-state index contributed by atoms with van der Waals surface area (Å²) >= 11 is 1.49. The molecule has 0 radical (unpaired) electrons. The standard InChI is InChI=1S/C14H24N2O3S/c1-4-7-16(8-5-2)10-11-13(14(17)18)15-12(20-11)6-9-19-3/h4-10H2,1-3H3,(H,17,18). The van der Waals surface area contributed by atoms with E-state index in [9.17, 15) is 9.90 Å². The summed E-state index contributed by atoms with van der Waals surface area (Å²) in [4.78, 5) is 18.7. The van der Waals surface area contributed by atoms with Gasteiger partial charge in [-0.1, -0.05) is 13.8 Å². The van der Waals surface area contributed by atoms with Crippen molar-refractivity contribution in [1.29, 1.82) is 0 Å². The molecule has 1 N–H and O–H groups in total. The van der Waals surface area contributed by atoms with E-state index >= 15 is 0 Å². The number of hydrogen-bond acceptors (Lipinski definition) is 5. The van der Waals surface area contributed by atoms with Crippen molar-refractivity contribution in [3.05, 3.63) is 15.6 Å². The van der Waals surface area contributed by atoms with Gasteiger partial charge in [0.2, 0.25) is 0 Å². The van der Waals surface area contributed by atoms with Gasteiger partial charge in [-0.2, -0.15) is 0 Å². The highest BCUT2D eigenvalue weighted by Gasteiger charge is 2.19. The number of thiazole rings is 1. The minimum atomic E-state index is -0.937. The van der Waals surface area contributed by atoms with Crippen LogP contribution in [-0.2, 0) is 17.7 Å². The molecule has 1 aromatic heterocycles. The minimum Gasteiger partial charge on any atom is -0.476 e. The number of ether oxygens (including phenoxy) is 1. The molecule has 5 nitrogen and oxygen atoms in total. The molecule has 0 bridgehead atoms. The van der Waals surface area contributed by atoms with E-state index in [0.29, 0.717) is 19.6 Å². The van der Waals surface area contributed by atoms with Gasteiger partial charge < -0.3 is 9.84 Å². The van der Waals surface area contributed by atoms with Crippen molar-refractivity contribution in [3.63, 3.8) is 0 Å². The van der Waals surface area contributed by atoms with Crippen LogP contribution in [0.4, 0.5) is 0 Å². The van der Waals surface area contributed by atoms with Gasteiger partial charge in [0, 0.05) is 20.1 Å². The van der Waals surface area contributed by atoms with Crippen LogP contribution in [0.1, 0.15) is 47.1 Å². The van der Waals surface area contributed by atoms with Crippen LogP contribution in [-0.4, -0.2) is 47.8 Å². The lowest BCUT2D eigenvalue weighted by Crippen LogP contribution is -2.25. The molecule has 0 aliphatic carbocycles. The summed E-state index contributed by atoms with van der Waals surface area (Å²) in [6, 6.07) is 0. The Morgan fingerprint density at radius 1 is 1.35 bits per heavy atom. The van der Waals surface area contributed by atoms with Gasteiger partial charge in [-0.25, -0.2) is 9.78 Å². The maximum Gasteiger partial charge on any atom is 0.355 e. The van der Waals surface area contributed by atoms with Crippen molar-refractivity contribution in [2.45, 2.75) is 39.7 Å². The van der Waals surface area contributed by atoms with Crippen molar-refractivity contribution < 1.29 is 14.6 Å². The maximum absolute atomic E-state index is 11.3.